The average Bonchev–Trinajstić information content (AvgIpc) is 2.26. The highest BCUT2D eigenvalue weighted by atomic mass is 79.9. The van der Waals surface area contributed by atoms with Gasteiger partial charge in [0.1, 0.15) is 5.78 Å². The van der Waals surface area contributed by atoms with Crippen molar-refractivity contribution in [1.82, 2.24) is 0 Å². The van der Waals surface area contributed by atoms with Crippen LogP contribution in [-0.2, 0) is 4.79 Å². The quantitative estimate of drug-likeness (QED) is 0.485. The molecule has 0 amide bonds. The van der Waals surface area contributed by atoms with Gasteiger partial charge in [0.15, 0.2) is 0 Å². The fourth-order valence-electron chi connectivity index (χ4n) is 1.31. The largest absolute Gasteiger partial charge is 0.298 e. The molecule has 0 N–H and O–H groups in total. The number of carbonyl (C=O) groups excluding carboxylic acids is 1. The van der Waals surface area contributed by atoms with Crippen molar-refractivity contribution < 1.29 is 18.5 Å². The number of carbonyl (C=O) groups is 1. The molecule has 1 aromatic rings. The third-order valence-corrected chi connectivity index (χ3v) is 3.28. The maximum Gasteiger partial charge on any atom is 0.269 e. The number of ketones is 1. The van der Waals surface area contributed by atoms with E-state index in [1.807, 2.05) is 0 Å². The molecule has 0 heterocycles. The fraction of sp³-hybridized carbons (Fsp3) is 0.300. The van der Waals surface area contributed by atoms with Crippen LogP contribution in [0.3, 0.4) is 0 Å². The van der Waals surface area contributed by atoms with Gasteiger partial charge in [0.25, 0.3) is 12.1 Å². The summed E-state index contributed by atoms with van der Waals surface area (Å²) in [5.74, 6) is -0.396. The summed E-state index contributed by atoms with van der Waals surface area (Å²) >= 11 is 2.95. The van der Waals surface area contributed by atoms with E-state index in [1.165, 1.54) is 6.92 Å². The summed E-state index contributed by atoms with van der Waals surface area (Å²) in [6.07, 6.45) is -2.79. The van der Waals surface area contributed by atoms with Crippen LogP contribution in [0.4, 0.5) is 14.5 Å². The van der Waals surface area contributed by atoms with Crippen molar-refractivity contribution in [3.63, 3.8) is 0 Å². The van der Waals surface area contributed by atoms with Gasteiger partial charge in [-0.05, 0) is 18.6 Å². The fourth-order valence-corrected chi connectivity index (χ4v) is 1.71. The van der Waals surface area contributed by atoms with Gasteiger partial charge >= 0.3 is 0 Å². The average molecular weight is 308 g/mol. The molecule has 0 radical (unpaired) electrons. The van der Waals surface area contributed by atoms with Gasteiger partial charge in [0.2, 0.25) is 0 Å². The van der Waals surface area contributed by atoms with Gasteiger partial charge in [0.05, 0.1) is 9.75 Å². The number of nitro benzene ring substituents is 1. The van der Waals surface area contributed by atoms with Crippen LogP contribution in [0.2, 0.25) is 0 Å². The molecular formula is C10H8BrF2NO3. The van der Waals surface area contributed by atoms with Crippen molar-refractivity contribution in [3.05, 3.63) is 39.4 Å². The van der Waals surface area contributed by atoms with Gasteiger partial charge in [-0.3, -0.25) is 14.9 Å². The van der Waals surface area contributed by atoms with E-state index in [0.717, 1.165) is 18.2 Å². The Balaban J connectivity index is 3.35. The molecular weight excluding hydrogens is 300 g/mol. The summed E-state index contributed by atoms with van der Waals surface area (Å²) in [7, 11) is 0. The van der Waals surface area contributed by atoms with Crippen LogP contribution in [0.1, 0.15) is 29.3 Å². The van der Waals surface area contributed by atoms with Crippen molar-refractivity contribution in [2.24, 2.45) is 0 Å². The van der Waals surface area contributed by atoms with Crippen LogP contribution in [0, 0.1) is 10.1 Å². The molecule has 0 aliphatic rings. The summed E-state index contributed by atoms with van der Waals surface area (Å²) in [5, 5.41) is 10.5. The minimum atomic E-state index is -2.79. The maximum absolute atomic E-state index is 12.7. The van der Waals surface area contributed by atoms with Gasteiger partial charge < -0.3 is 0 Å². The van der Waals surface area contributed by atoms with E-state index in [1.54, 1.807) is 0 Å². The molecule has 4 nitrogen and oxygen atoms in total. The molecule has 92 valence electrons. The van der Waals surface area contributed by atoms with Crippen LogP contribution in [0.15, 0.2) is 18.2 Å². The number of non-ortho nitro benzene ring substituents is 1. The Kier molecular flexibility index (Phi) is 4.28. The number of hydrogen-bond donors (Lipinski definition) is 0. The first-order chi connectivity index (χ1) is 7.84. The zero-order valence-electron chi connectivity index (χ0n) is 8.69. The summed E-state index contributed by atoms with van der Waals surface area (Å²) in [6, 6.07) is 2.95. The Morgan fingerprint density at radius 3 is 2.41 bits per heavy atom. The predicted octanol–water partition coefficient (Wildman–Crippen LogP) is 3.56. The van der Waals surface area contributed by atoms with Crippen molar-refractivity contribution in [1.29, 1.82) is 0 Å². The molecule has 1 atom stereocenters. The smallest absolute Gasteiger partial charge is 0.269 e. The first-order valence-corrected chi connectivity index (χ1v) is 5.47. The van der Waals surface area contributed by atoms with E-state index in [-0.39, 0.29) is 16.8 Å². The zero-order valence-corrected chi connectivity index (χ0v) is 10.3. The molecule has 7 heteroatoms. The van der Waals surface area contributed by atoms with Gasteiger partial charge in [-0.1, -0.05) is 15.9 Å². The molecule has 0 aliphatic carbocycles. The number of nitrogens with zero attached hydrogens (tertiary/aromatic N) is 1. The number of halogens is 3. The number of alkyl halides is 3. The van der Waals surface area contributed by atoms with Crippen LogP contribution in [0.5, 0.6) is 0 Å². The first-order valence-electron chi connectivity index (χ1n) is 4.55. The van der Waals surface area contributed by atoms with Gasteiger partial charge in [-0.15, -0.1) is 0 Å². The monoisotopic (exact) mass is 307 g/mol. The second-order valence-electron chi connectivity index (χ2n) is 3.34. The molecule has 0 spiro atoms. The highest BCUT2D eigenvalue weighted by molar-refractivity contribution is 9.09. The molecule has 1 rings (SSSR count). The van der Waals surface area contributed by atoms with E-state index < -0.39 is 22.0 Å². The number of benzene rings is 1. The van der Waals surface area contributed by atoms with Gasteiger partial charge in [0, 0.05) is 17.7 Å². The third kappa shape index (κ3) is 3.06. The van der Waals surface area contributed by atoms with Crippen LogP contribution in [-0.4, -0.2) is 10.7 Å². The summed E-state index contributed by atoms with van der Waals surface area (Å²) in [4.78, 5) is 20.0. The molecule has 0 fully saturated rings. The van der Waals surface area contributed by atoms with Crippen molar-refractivity contribution in [2.45, 2.75) is 18.2 Å². The number of hydrogen-bond acceptors (Lipinski definition) is 3. The molecule has 0 saturated carbocycles. The molecule has 0 saturated heterocycles. The van der Waals surface area contributed by atoms with Gasteiger partial charge in [-0.25, -0.2) is 8.78 Å². The first kappa shape index (κ1) is 13.7. The Morgan fingerprint density at radius 2 is 2.00 bits per heavy atom. The lowest BCUT2D eigenvalue weighted by atomic mass is 10.0. The zero-order chi connectivity index (χ0) is 13.2. The Morgan fingerprint density at radius 1 is 1.41 bits per heavy atom. The van der Waals surface area contributed by atoms with Crippen molar-refractivity contribution >= 4 is 27.4 Å². The van der Waals surface area contributed by atoms with Crippen LogP contribution < -0.4 is 0 Å². The Bertz CT molecular complexity index is 465. The lowest BCUT2D eigenvalue weighted by molar-refractivity contribution is -0.384. The number of nitro groups is 1. The minimum absolute atomic E-state index is 0.0679. The normalized spacial score (nSPS) is 12.5. The maximum atomic E-state index is 12.7. The second kappa shape index (κ2) is 5.31. The van der Waals surface area contributed by atoms with E-state index >= 15 is 0 Å². The highest BCUT2D eigenvalue weighted by Crippen LogP contribution is 2.34. The highest BCUT2D eigenvalue weighted by Gasteiger charge is 2.24. The third-order valence-electron chi connectivity index (χ3n) is 2.15. The van der Waals surface area contributed by atoms with Crippen LogP contribution in [0.25, 0.3) is 0 Å². The molecule has 1 unspecified atom stereocenters. The summed E-state index contributed by atoms with van der Waals surface area (Å²) in [5.41, 5.74) is -0.774. The van der Waals surface area contributed by atoms with Crippen LogP contribution >= 0.6 is 15.9 Å². The standard InChI is InChI=1S/C10H8BrF2NO3/c1-5(15)9(11)8-4-6(14(16)17)2-3-7(8)10(12)13/h2-4,9-10H,1H3. The van der Waals surface area contributed by atoms with Gasteiger partial charge in [-0.2, -0.15) is 0 Å². The molecule has 1 aromatic carbocycles. The molecule has 0 aromatic heterocycles. The molecule has 0 bridgehead atoms. The topological polar surface area (TPSA) is 60.2 Å². The second-order valence-corrected chi connectivity index (χ2v) is 4.26. The van der Waals surface area contributed by atoms with E-state index in [4.69, 9.17) is 0 Å². The van der Waals surface area contributed by atoms with E-state index in [0.29, 0.717) is 0 Å². The summed E-state index contributed by atoms with van der Waals surface area (Å²) in [6.45, 7) is 1.22. The molecule has 0 aliphatic heterocycles. The number of Topliss-reactive ketones (excluding diaryl/α,β-unsaturated/α-hetero) is 1. The lowest BCUT2D eigenvalue weighted by Gasteiger charge is -2.11. The minimum Gasteiger partial charge on any atom is -0.298 e. The van der Waals surface area contributed by atoms with Crippen molar-refractivity contribution in [3.8, 4) is 0 Å². The van der Waals surface area contributed by atoms with Crippen molar-refractivity contribution in [2.75, 3.05) is 0 Å². The SMILES string of the molecule is CC(=O)C(Br)c1cc([N+](=O)[O-])ccc1C(F)F. The Labute approximate surface area is 104 Å². The number of rotatable bonds is 4. The lowest BCUT2D eigenvalue weighted by Crippen LogP contribution is -2.06. The van der Waals surface area contributed by atoms with E-state index in [9.17, 15) is 23.7 Å². The van der Waals surface area contributed by atoms with E-state index in [2.05, 4.69) is 15.9 Å². The predicted molar refractivity (Wildman–Crippen MR) is 60.4 cm³/mol. The molecule has 17 heavy (non-hydrogen) atoms. The Hall–Kier alpha value is -1.37. The summed E-state index contributed by atoms with van der Waals surface area (Å²) < 4.78 is 25.4.